The lowest BCUT2D eigenvalue weighted by Gasteiger charge is -2.09. The van der Waals surface area contributed by atoms with Gasteiger partial charge in [0.1, 0.15) is 6.54 Å². The van der Waals surface area contributed by atoms with Crippen LogP contribution < -0.4 is 16.5 Å². The van der Waals surface area contributed by atoms with Gasteiger partial charge in [-0.25, -0.2) is 9.47 Å². The number of urea groups is 1. The number of benzene rings is 1. The third kappa shape index (κ3) is 5.62. The molecule has 3 amide bonds. The van der Waals surface area contributed by atoms with E-state index in [0.717, 1.165) is 16.2 Å². The smallest absolute Gasteiger partial charge is 0.335 e. The number of thioether (sulfide) groups is 1. The number of alkyl halides is 3. The molecule has 0 radical (unpaired) electrons. The number of nitrogens with one attached hydrogen (secondary N) is 2. The van der Waals surface area contributed by atoms with Crippen LogP contribution in [0.4, 0.5) is 18.0 Å². The molecule has 2 rings (SSSR count). The average Bonchev–Trinajstić information content (AvgIpc) is 2.92. The number of amides is 3. The Hall–Kier alpha value is -2.28. The summed E-state index contributed by atoms with van der Waals surface area (Å²) in [6.45, 7) is -1.54. The topological polar surface area (TPSA) is 115 Å². The SMILES string of the molecule is Nn1c(SCC(=O)NC(=O)NCC(F)(F)F)nnc1-c1ccccc1Br. The first-order chi connectivity index (χ1) is 12.2. The molecule has 1 aromatic carbocycles. The van der Waals surface area contributed by atoms with Gasteiger partial charge in [0.2, 0.25) is 11.1 Å². The van der Waals surface area contributed by atoms with Gasteiger partial charge in [0.15, 0.2) is 5.82 Å². The normalized spacial score (nSPS) is 11.2. The fourth-order valence-corrected chi connectivity index (χ4v) is 2.84. The van der Waals surface area contributed by atoms with E-state index >= 15 is 0 Å². The molecule has 0 saturated heterocycles. The first-order valence-corrected chi connectivity index (χ1v) is 8.68. The van der Waals surface area contributed by atoms with E-state index in [2.05, 4.69) is 26.1 Å². The number of nitrogens with two attached hydrogens (primary N) is 1. The highest BCUT2D eigenvalue weighted by molar-refractivity contribution is 9.10. The first kappa shape index (κ1) is 20.0. The lowest BCUT2D eigenvalue weighted by Crippen LogP contribution is -2.44. The lowest BCUT2D eigenvalue weighted by atomic mass is 10.2. The number of hydrogen-bond acceptors (Lipinski definition) is 6. The molecule has 1 heterocycles. The van der Waals surface area contributed by atoms with Crippen molar-refractivity contribution in [3.63, 3.8) is 0 Å². The number of imide groups is 1. The highest BCUT2D eigenvalue weighted by atomic mass is 79.9. The summed E-state index contributed by atoms with van der Waals surface area (Å²) in [6, 6.07) is 5.92. The van der Waals surface area contributed by atoms with E-state index in [-0.39, 0.29) is 10.9 Å². The molecule has 4 N–H and O–H groups in total. The fourth-order valence-electron chi connectivity index (χ4n) is 1.72. The summed E-state index contributed by atoms with van der Waals surface area (Å²) in [6.07, 6.45) is -4.56. The van der Waals surface area contributed by atoms with Crippen molar-refractivity contribution in [1.29, 1.82) is 0 Å². The van der Waals surface area contributed by atoms with Gasteiger partial charge in [-0.2, -0.15) is 13.2 Å². The number of hydrogen-bond donors (Lipinski definition) is 3. The van der Waals surface area contributed by atoms with Gasteiger partial charge in [-0.05, 0) is 12.1 Å². The van der Waals surface area contributed by atoms with Crippen molar-refractivity contribution in [1.82, 2.24) is 25.5 Å². The molecule has 8 nitrogen and oxygen atoms in total. The van der Waals surface area contributed by atoms with E-state index in [1.807, 2.05) is 6.07 Å². The van der Waals surface area contributed by atoms with Crippen molar-refractivity contribution in [2.24, 2.45) is 0 Å². The van der Waals surface area contributed by atoms with E-state index in [1.54, 1.807) is 23.5 Å². The molecule has 26 heavy (non-hydrogen) atoms. The van der Waals surface area contributed by atoms with Gasteiger partial charge in [0.25, 0.3) is 0 Å². The van der Waals surface area contributed by atoms with Gasteiger partial charge in [-0.3, -0.25) is 10.1 Å². The van der Waals surface area contributed by atoms with Gasteiger partial charge >= 0.3 is 12.2 Å². The summed E-state index contributed by atoms with van der Waals surface area (Å²) < 4.78 is 37.8. The number of aromatic nitrogens is 3. The van der Waals surface area contributed by atoms with Crippen LogP contribution in [0.2, 0.25) is 0 Å². The minimum absolute atomic E-state index is 0.196. The lowest BCUT2D eigenvalue weighted by molar-refractivity contribution is -0.124. The van der Waals surface area contributed by atoms with Crippen molar-refractivity contribution in [2.45, 2.75) is 11.3 Å². The Bertz CT molecular complexity index is 813. The molecule has 0 saturated carbocycles. The largest absolute Gasteiger partial charge is 0.405 e. The van der Waals surface area contributed by atoms with E-state index < -0.39 is 24.7 Å². The van der Waals surface area contributed by atoms with Crippen molar-refractivity contribution < 1.29 is 22.8 Å². The molecule has 0 aliphatic carbocycles. The number of carbonyl (C=O) groups is 2. The van der Waals surface area contributed by atoms with Crippen LogP contribution >= 0.6 is 27.7 Å². The molecule has 0 aliphatic rings. The molecule has 1 aromatic heterocycles. The number of nitrogens with zero attached hydrogens (tertiary/aromatic N) is 3. The Kier molecular flexibility index (Phi) is 6.47. The third-order valence-electron chi connectivity index (χ3n) is 2.81. The van der Waals surface area contributed by atoms with Crippen LogP contribution in [0, 0.1) is 0 Å². The molecule has 2 aromatic rings. The Morgan fingerprint density at radius 2 is 1.96 bits per heavy atom. The number of rotatable bonds is 5. The van der Waals surface area contributed by atoms with Crippen molar-refractivity contribution >= 4 is 39.6 Å². The Morgan fingerprint density at radius 1 is 1.27 bits per heavy atom. The van der Waals surface area contributed by atoms with Crippen molar-refractivity contribution in [2.75, 3.05) is 18.1 Å². The monoisotopic (exact) mass is 452 g/mol. The van der Waals surface area contributed by atoms with Gasteiger partial charge < -0.3 is 11.2 Å². The predicted octanol–water partition coefficient (Wildman–Crippen LogP) is 1.90. The molecule has 0 aliphatic heterocycles. The summed E-state index contributed by atoms with van der Waals surface area (Å²) in [7, 11) is 0. The van der Waals surface area contributed by atoms with Crippen LogP contribution in [0.25, 0.3) is 11.4 Å². The zero-order valence-electron chi connectivity index (χ0n) is 12.9. The number of nitrogen functional groups attached to an aromatic ring is 1. The highest BCUT2D eigenvalue weighted by Gasteiger charge is 2.28. The quantitative estimate of drug-likeness (QED) is 0.471. The fraction of sp³-hybridized carbons (Fsp3) is 0.231. The maximum atomic E-state index is 12.0. The number of carbonyl (C=O) groups excluding carboxylic acids is 2. The van der Waals surface area contributed by atoms with E-state index in [1.165, 1.54) is 9.99 Å². The zero-order valence-corrected chi connectivity index (χ0v) is 15.3. The zero-order chi connectivity index (χ0) is 19.3. The Balaban J connectivity index is 1.91. The molecular weight excluding hydrogens is 441 g/mol. The van der Waals surface area contributed by atoms with Gasteiger partial charge in [-0.1, -0.05) is 39.8 Å². The van der Waals surface area contributed by atoms with Crippen LogP contribution in [0.1, 0.15) is 0 Å². The standard InChI is InChI=1S/C13H12BrF3N6O2S/c14-8-4-2-1-3-7(8)10-21-22-12(23(10)18)26-5-9(24)20-11(25)19-6-13(15,16)17/h1-4H,5-6,18H2,(H2,19,20,24,25). The van der Waals surface area contributed by atoms with Gasteiger partial charge in [0, 0.05) is 10.0 Å². The second-order valence-electron chi connectivity index (χ2n) is 4.79. The maximum absolute atomic E-state index is 12.0. The minimum Gasteiger partial charge on any atom is -0.335 e. The molecule has 13 heteroatoms. The summed E-state index contributed by atoms with van der Waals surface area (Å²) in [4.78, 5) is 22.8. The summed E-state index contributed by atoms with van der Waals surface area (Å²) in [5, 5.41) is 11.3. The van der Waals surface area contributed by atoms with Crippen LogP contribution in [-0.4, -0.2) is 45.3 Å². The Labute approximate surface area is 157 Å². The van der Waals surface area contributed by atoms with Crippen LogP contribution in [-0.2, 0) is 4.79 Å². The van der Waals surface area contributed by atoms with E-state index in [0.29, 0.717) is 11.4 Å². The molecule has 0 unspecified atom stereocenters. The summed E-state index contributed by atoms with van der Waals surface area (Å²) in [5.74, 6) is 5.16. The van der Waals surface area contributed by atoms with Gasteiger partial charge in [-0.15, -0.1) is 10.2 Å². The highest BCUT2D eigenvalue weighted by Crippen LogP contribution is 2.27. The minimum atomic E-state index is -4.56. The molecule has 0 fully saturated rings. The third-order valence-corrected chi connectivity index (χ3v) is 4.45. The molecule has 0 spiro atoms. The molecule has 140 valence electrons. The second-order valence-corrected chi connectivity index (χ2v) is 6.59. The average molecular weight is 453 g/mol. The van der Waals surface area contributed by atoms with Crippen molar-refractivity contribution in [3.8, 4) is 11.4 Å². The van der Waals surface area contributed by atoms with E-state index in [4.69, 9.17) is 5.84 Å². The van der Waals surface area contributed by atoms with Crippen molar-refractivity contribution in [3.05, 3.63) is 28.7 Å². The van der Waals surface area contributed by atoms with E-state index in [9.17, 15) is 22.8 Å². The maximum Gasteiger partial charge on any atom is 0.405 e. The molecule has 0 bridgehead atoms. The summed E-state index contributed by atoms with van der Waals surface area (Å²) in [5.41, 5.74) is 0.685. The number of halogens is 4. The Morgan fingerprint density at radius 3 is 2.62 bits per heavy atom. The predicted molar refractivity (Wildman–Crippen MR) is 91.6 cm³/mol. The first-order valence-electron chi connectivity index (χ1n) is 6.90. The summed E-state index contributed by atoms with van der Waals surface area (Å²) >= 11 is 4.24. The second kappa shape index (κ2) is 8.40. The van der Waals surface area contributed by atoms with Crippen LogP contribution in [0.5, 0.6) is 0 Å². The molecule has 0 atom stereocenters. The van der Waals surface area contributed by atoms with Gasteiger partial charge in [0.05, 0.1) is 5.75 Å². The van der Waals surface area contributed by atoms with Crippen LogP contribution in [0.15, 0.2) is 33.9 Å². The van der Waals surface area contributed by atoms with Crippen LogP contribution in [0.3, 0.4) is 0 Å². The molecular formula is C13H12BrF3N6O2S.